The Bertz CT molecular complexity index is 1170. The van der Waals surface area contributed by atoms with Crippen LogP contribution in [0.3, 0.4) is 0 Å². The van der Waals surface area contributed by atoms with E-state index in [1.54, 1.807) is 31.7 Å². The number of amides is 2. The summed E-state index contributed by atoms with van der Waals surface area (Å²) >= 11 is 0. The maximum absolute atomic E-state index is 12.0. The normalized spacial score (nSPS) is 14.4. The van der Waals surface area contributed by atoms with Crippen LogP contribution in [0.5, 0.6) is 0 Å². The molecule has 0 fully saturated rings. The molecule has 194 valence electrons. The van der Waals surface area contributed by atoms with E-state index in [1.807, 2.05) is 39.0 Å². The fraction of sp³-hybridized carbons (Fsp3) is 0.462. The van der Waals surface area contributed by atoms with E-state index in [9.17, 15) is 19.7 Å². The SMILES string of the molecule is CC(C)(C)OC(=O)N1CCc2cc(N)ccc21.CC(C)(C)OC(=O)N1CCc2cc([N+](=O)[O-])ccc21. The first-order chi connectivity index (χ1) is 16.6. The molecule has 2 heterocycles. The summed E-state index contributed by atoms with van der Waals surface area (Å²) in [7, 11) is 0. The van der Waals surface area contributed by atoms with Crippen molar-refractivity contribution in [1.82, 2.24) is 0 Å². The van der Waals surface area contributed by atoms with Crippen LogP contribution >= 0.6 is 0 Å². The molecular formula is C26H34N4O6. The monoisotopic (exact) mass is 498 g/mol. The molecule has 0 bridgehead atoms. The molecule has 0 aromatic heterocycles. The van der Waals surface area contributed by atoms with E-state index in [0.29, 0.717) is 25.2 Å². The highest BCUT2D eigenvalue weighted by Crippen LogP contribution is 2.32. The predicted octanol–water partition coefficient (Wildman–Crippen LogP) is 5.46. The molecule has 0 aliphatic carbocycles. The van der Waals surface area contributed by atoms with Crippen LogP contribution in [0.4, 0.5) is 32.3 Å². The molecule has 2 N–H and O–H groups in total. The van der Waals surface area contributed by atoms with Gasteiger partial charge in [0.05, 0.1) is 16.3 Å². The zero-order valence-corrected chi connectivity index (χ0v) is 21.7. The van der Waals surface area contributed by atoms with Crippen molar-refractivity contribution in [2.45, 2.75) is 65.6 Å². The highest BCUT2D eigenvalue weighted by atomic mass is 16.6. The Morgan fingerprint density at radius 1 is 0.833 bits per heavy atom. The summed E-state index contributed by atoms with van der Waals surface area (Å²) in [5.74, 6) is 0. The number of nitrogens with zero attached hydrogens (tertiary/aromatic N) is 3. The Hall–Kier alpha value is -3.82. The molecule has 10 heteroatoms. The molecule has 2 aromatic rings. The first kappa shape index (κ1) is 26.8. The highest BCUT2D eigenvalue weighted by molar-refractivity contribution is 5.91. The Labute approximate surface area is 211 Å². The maximum atomic E-state index is 12.0. The number of carbonyl (C=O) groups excluding carboxylic acids is 2. The van der Waals surface area contributed by atoms with Crippen molar-refractivity contribution in [3.63, 3.8) is 0 Å². The van der Waals surface area contributed by atoms with Crippen LogP contribution in [-0.4, -0.2) is 41.4 Å². The zero-order chi connectivity index (χ0) is 26.8. The van der Waals surface area contributed by atoms with E-state index >= 15 is 0 Å². The molecule has 2 aromatic carbocycles. The lowest BCUT2D eigenvalue weighted by Gasteiger charge is -2.24. The Morgan fingerprint density at radius 3 is 1.72 bits per heavy atom. The molecule has 10 nitrogen and oxygen atoms in total. The fourth-order valence-corrected chi connectivity index (χ4v) is 3.94. The molecule has 4 rings (SSSR count). The second kappa shape index (κ2) is 10.0. The molecule has 2 amide bonds. The third-order valence-electron chi connectivity index (χ3n) is 5.40. The van der Waals surface area contributed by atoms with Gasteiger partial charge in [-0.15, -0.1) is 0 Å². The first-order valence-corrected chi connectivity index (χ1v) is 11.8. The van der Waals surface area contributed by atoms with Crippen LogP contribution in [0, 0.1) is 10.1 Å². The number of ether oxygens (including phenoxy) is 2. The van der Waals surface area contributed by atoms with Crippen LogP contribution in [0.1, 0.15) is 52.7 Å². The number of non-ortho nitro benzene ring substituents is 1. The molecule has 0 saturated carbocycles. The number of anilines is 3. The van der Waals surface area contributed by atoms with Gasteiger partial charge in [0.1, 0.15) is 11.2 Å². The Morgan fingerprint density at radius 2 is 1.28 bits per heavy atom. The Balaban J connectivity index is 0.000000202. The van der Waals surface area contributed by atoms with Crippen LogP contribution in [-0.2, 0) is 22.3 Å². The number of nitrogens with two attached hydrogens (primary N) is 1. The van der Waals surface area contributed by atoms with Crippen LogP contribution in [0.15, 0.2) is 36.4 Å². The molecule has 36 heavy (non-hydrogen) atoms. The molecule has 2 aliphatic rings. The Kier molecular flexibility index (Phi) is 7.47. The average Bonchev–Trinajstić information content (AvgIpc) is 3.35. The number of nitrogen functional groups attached to an aromatic ring is 1. The van der Waals surface area contributed by atoms with Crippen molar-refractivity contribution in [3.8, 4) is 0 Å². The molecule has 0 radical (unpaired) electrons. The number of carbonyl (C=O) groups is 2. The topological polar surface area (TPSA) is 128 Å². The van der Waals surface area contributed by atoms with Gasteiger partial charge in [-0.25, -0.2) is 9.59 Å². The minimum absolute atomic E-state index is 0.0461. The van der Waals surface area contributed by atoms with Crippen LogP contribution in [0.2, 0.25) is 0 Å². The van der Waals surface area contributed by atoms with E-state index in [0.717, 1.165) is 28.9 Å². The standard InChI is InChI=1S/C13H16N2O4.C13H18N2O2/c1-13(2,3)19-12(16)14-7-6-9-8-10(15(17)18)4-5-11(9)14;1-13(2,3)17-12(16)15-7-6-9-8-10(14)4-5-11(9)15/h4-5,8H,6-7H2,1-3H3;4-5,8H,6-7,14H2,1-3H3. The van der Waals surface area contributed by atoms with E-state index in [1.165, 1.54) is 17.0 Å². The van der Waals surface area contributed by atoms with Gasteiger partial charge in [0.25, 0.3) is 5.69 Å². The van der Waals surface area contributed by atoms with Gasteiger partial charge in [0, 0.05) is 30.9 Å². The summed E-state index contributed by atoms with van der Waals surface area (Å²) in [6.07, 6.45) is 0.733. The highest BCUT2D eigenvalue weighted by Gasteiger charge is 2.30. The van der Waals surface area contributed by atoms with Gasteiger partial charge in [-0.05, 0) is 89.8 Å². The summed E-state index contributed by atoms with van der Waals surface area (Å²) < 4.78 is 10.7. The minimum atomic E-state index is -0.555. The van der Waals surface area contributed by atoms with Gasteiger partial charge >= 0.3 is 12.2 Å². The van der Waals surface area contributed by atoms with Gasteiger partial charge in [-0.3, -0.25) is 19.9 Å². The first-order valence-electron chi connectivity index (χ1n) is 11.8. The lowest BCUT2D eigenvalue weighted by Crippen LogP contribution is -2.35. The number of fused-ring (bicyclic) bond motifs is 2. The molecule has 0 saturated heterocycles. The van der Waals surface area contributed by atoms with Crippen molar-refractivity contribution in [2.24, 2.45) is 0 Å². The lowest BCUT2D eigenvalue weighted by atomic mass is 10.1. The van der Waals surface area contributed by atoms with Crippen molar-refractivity contribution < 1.29 is 24.0 Å². The summed E-state index contributed by atoms with van der Waals surface area (Å²) in [6.45, 7) is 12.2. The van der Waals surface area contributed by atoms with Gasteiger partial charge in [-0.2, -0.15) is 0 Å². The third-order valence-corrected chi connectivity index (χ3v) is 5.40. The van der Waals surface area contributed by atoms with Crippen molar-refractivity contribution in [3.05, 3.63) is 57.6 Å². The van der Waals surface area contributed by atoms with Crippen molar-refractivity contribution in [2.75, 3.05) is 28.6 Å². The van der Waals surface area contributed by atoms with Gasteiger partial charge in [0.2, 0.25) is 0 Å². The third kappa shape index (κ3) is 6.65. The zero-order valence-electron chi connectivity index (χ0n) is 21.7. The second-order valence-corrected chi connectivity index (χ2v) is 10.7. The molecule has 0 unspecified atom stereocenters. The molecule has 0 spiro atoms. The maximum Gasteiger partial charge on any atom is 0.414 e. The molecule has 2 aliphatic heterocycles. The van der Waals surface area contributed by atoms with E-state index < -0.39 is 22.2 Å². The number of rotatable bonds is 1. The van der Waals surface area contributed by atoms with Crippen LogP contribution in [0.25, 0.3) is 0 Å². The minimum Gasteiger partial charge on any atom is -0.443 e. The van der Waals surface area contributed by atoms with Crippen molar-refractivity contribution >= 4 is 34.9 Å². The number of nitro groups is 1. The number of hydrogen-bond donors (Lipinski definition) is 1. The number of hydrogen-bond acceptors (Lipinski definition) is 7. The predicted molar refractivity (Wildman–Crippen MR) is 139 cm³/mol. The van der Waals surface area contributed by atoms with E-state index in [2.05, 4.69) is 0 Å². The van der Waals surface area contributed by atoms with Gasteiger partial charge in [0.15, 0.2) is 0 Å². The lowest BCUT2D eigenvalue weighted by molar-refractivity contribution is -0.384. The second-order valence-electron chi connectivity index (χ2n) is 10.7. The largest absolute Gasteiger partial charge is 0.443 e. The number of nitro benzene ring substituents is 1. The molecule has 0 atom stereocenters. The quantitative estimate of drug-likeness (QED) is 0.314. The van der Waals surface area contributed by atoms with Crippen LogP contribution < -0.4 is 15.5 Å². The molecular weight excluding hydrogens is 464 g/mol. The fourth-order valence-electron chi connectivity index (χ4n) is 3.94. The van der Waals surface area contributed by atoms with Crippen molar-refractivity contribution in [1.29, 1.82) is 0 Å². The summed E-state index contributed by atoms with van der Waals surface area (Å²) in [5, 5.41) is 10.7. The van der Waals surface area contributed by atoms with E-state index in [-0.39, 0.29) is 11.8 Å². The summed E-state index contributed by atoms with van der Waals surface area (Å²) in [5.41, 5.74) is 9.00. The van der Waals surface area contributed by atoms with Gasteiger partial charge < -0.3 is 15.2 Å². The van der Waals surface area contributed by atoms with E-state index in [4.69, 9.17) is 15.2 Å². The van der Waals surface area contributed by atoms with Gasteiger partial charge in [-0.1, -0.05) is 0 Å². The summed E-state index contributed by atoms with van der Waals surface area (Å²) in [4.78, 5) is 37.4. The summed E-state index contributed by atoms with van der Waals surface area (Å²) in [6, 6.07) is 10.1. The average molecular weight is 499 g/mol. The number of benzene rings is 2. The smallest absolute Gasteiger partial charge is 0.414 e.